The lowest BCUT2D eigenvalue weighted by molar-refractivity contribution is 0.448. The molecule has 0 fully saturated rings. The highest BCUT2D eigenvalue weighted by Crippen LogP contribution is 2.46. The Balaban J connectivity index is 1.31. The maximum Gasteiger partial charge on any atom is 0.149 e. The second-order valence-corrected chi connectivity index (χ2v) is 21.5. The van der Waals surface area contributed by atoms with Crippen LogP contribution in [0.25, 0.3) is 83.9 Å². The number of aryl methyl sites for hydroxylation is 2. The van der Waals surface area contributed by atoms with Crippen LogP contribution in [0, 0.1) is 13.8 Å². The molecule has 2 aromatic heterocycles. The summed E-state index contributed by atoms with van der Waals surface area (Å²) >= 11 is 0. The number of fused-ring (bicyclic) bond motifs is 1. The first-order valence-electron chi connectivity index (χ1n) is 31.5. The highest BCUT2D eigenvalue weighted by atomic mass is 16.3. The van der Waals surface area contributed by atoms with E-state index in [1.54, 1.807) is 6.07 Å². The van der Waals surface area contributed by atoms with Crippen LogP contribution < -0.4 is 0 Å². The van der Waals surface area contributed by atoms with Crippen LogP contribution in [0.1, 0.15) is 138 Å². The van der Waals surface area contributed by atoms with E-state index >= 15 is 0 Å². The maximum atomic E-state index is 12.5. The Labute approximate surface area is 439 Å². The first kappa shape index (κ1) is 32.0. The Morgan fingerprint density at radius 3 is 1.91 bits per heavy atom. The van der Waals surface area contributed by atoms with Crippen molar-refractivity contribution in [3.05, 3.63) is 191 Å². The molecular weight excluding hydrogens is 851 g/mol. The molecule has 0 aliphatic rings. The predicted octanol–water partition coefficient (Wildman–Crippen LogP) is 17.9. The second-order valence-electron chi connectivity index (χ2n) is 21.5. The van der Waals surface area contributed by atoms with Gasteiger partial charge in [0.2, 0.25) is 0 Å². The monoisotopic (exact) mass is 936 g/mol. The van der Waals surface area contributed by atoms with Gasteiger partial charge in [0.1, 0.15) is 11.6 Å². The van der Waals surface area contributed by atoms with E-state index in [-0.39, 0.29) is 27.9 Å². The molecule has 0 spiro atoms. The Bertz CT molecular complexity index is 4070. The maximum absolute atomic E-state index is 12.5. The summed E-state index contributed by atoms with van der Waals surface area (Å²) in [5, 5.41) is 12.5. The van der Waals surface area contributed by atoms with Crippen molar-refractivity contribution in [2.24, 2.45) is 0 Å². The molecule has 9 rings (SSSR count). The van der Waals surface area contributed by atoms with Crippen molar-refractivity contribution in [3.8, 4) is 78.6 Å². The van der Waals surface area contributed by atoms with Crippen molar-refractivity contribution in [3.63, 3.8) is 0 Å². The minimum absolute atomic E-state index is 0.00890. The largest absolute Gasteiger partial charge is 0.507 e. The zero-order chi connectivity index (χ0) is 63.6. The van der Waals surface area contributed by atoms with E-state index in [1.165, 1.54) is 18.3 Å². The number of phenolic OH excluding ortho intramolecular Hbond substituents is 1. The van der Waals surface area contributed by atoms with Crippen LogP contribution in [0.4, 0.5) is 0 Å². The minimum atomic E-state index is -3.84. The van der Waals surface area contributed by atoms with E-state index < -0.39 is 73.4 Å². The number of benzene rings is 7. The lowest BCUT2D eigenvalue weighted by Crippen LogP contribution is -2.13. The number of aromatic nitrogens is 3. The number of hydrogen-bond donors (Lipinski definition) is 1. The second kappa shape index (κ2) is 17.7. The van der Waals surface area contributed by atoms with Gasteiger partial charge in [-0.1, -0.05) is 186 Å². The molecule has 4 heteroatoms. The molecule has 0 bridgehead atoms. The SMILES string of the molecule is [2H]c1c([2H])c(C(C([2H])([2H])[2H])(C([2H])([2H])[2H])C([2H])([2H])[2H])c([2H])c([2H])c1-c1ccnc(-c2cc(-c3cccc4c3nc(-c3cc(C)cc(C(C)(C)C)c3O)n4-c3ccc(-c4c(-c5ccccc5)cccc4C(C)(C)C)cc3C([2H])([2H])[2H])cc(C(C)(C)C)c2)c1. The van der Waals surface area contributed by atoms with E-state index in [0.717, 1.165) is 33.4 Å². The van der Waals surface area contributed by atoms with Crippen molar-refractivity contribution < 1.29 is 27.0 Å². The van der Waals surface area contributed by atoms with E-state index in [9.17, 15) is 12.0 Å². The lowest BCUT2D eigenvalue weighted by atomic mass is 9.78. The molecule has 0 amide bonds. The lowest BCUT2D eigenvalue weighted by Gasteiger charge is -2.26. The molecule has 354 valence electrons. The molecule has 0 radical (unpaired) electrons. The van der Waals surface area contributed by atoms with Crippen molar-refractivity contribution in [2.45, 2.75) is 118 Å². The fourth-order valence-corrected chi connectivity index (χ4v) is 9.26. The number of imidazole rings is 1. The number of phenols is 1. The molecule has 0 unspecified atom stereocenters. The molecule has 0 aliphatic heterocycles. The summed E-state index contributed by atoms with van der Waals surface area (Å²) in [7, 11) is 0. The van der Waals surface area contributed by atoms with Gasteiger partial charge in [-0.3, -0.25) is 9.55 Å². The Morgan fingerprint density at radius 1 is 0.529 bits per heavy atom. The van der Waals surface area contributed by atoms with E-state index in [1.807, 2.05) is 150 Å². The third kappa shape index (κ3) is 9.25. The molecule has 0 saturated heterocycles. The van der Waals surface area contributed by atoms with Crippen molar-refractivity contribution in [1.82, 2.24) is 14.5 Å². The predicted molar refractivity (Wildman–Crippen MR) is 297 cm³/mol. The van der Waals surface area contributed by atoms with Crippen LogP contribution in [0.15, 0.2) is 158 Å². The summed E-state index contributed by atoms with van der Waals surface area (Å²) < 4.78 is 141. The van der Waals surface area contributed by atoms with E-state index in [4.69, 9.17) is 25.0 Å². The number of hydrogen-bond acceptors (Lipinski definition) is 3. The molecule has 1 N–H and O–H groups in total. The van der Waals surface area contributed by atoms with Gasteiger partial charge in [-0.15, -0.1) is 0 Å². The summed E-state index contributed by atoms with van der Waals surface area (Å²) in [6.45, 7) is 6.28. The molecule has 7 aromatic carbocycles. The number of aromatic hydroxyl groups is 1. The van der Waals surface area contributed by atoms with Gasteiger partial charge in [0.25, 0.3) is 0 Å². The molecule has 9 aromatic rings. The van der Waals surface area contributed by atoms with E-state index in [0.29, 0.717) is 61.6 Å². The van der Waals surface area contributed by atoms with Gasteiger partial charge >= 0.3 is 0 Å². The van der Waals surface area contributed by atoms with Gasteiger partial charge in [0, 0.05) is 39.3 Å². The van der Waals surface area contributed by atoms with Gasteiger partial charge < -0.3 is 5.11 Å². The summed E-state index contributed by atoms with van der Waals surface area (Å²) in [6, 6.07) is 36.0. The molecule has 4 nitrogen and oxygen atoms in total. The van der Waals surface area contributed by atoms with Gasteiger partial charge in [0.05, 0.1) is 33.5 Å². The Morgan fingerprint density at radius 2 is 1.23 bits per heavy atom. The van der Waals surface area contributed by atoms with Crippen LogP contribution in [-0.4, -0.2) is 19.6 Å². The summed E-state index contributed by atoms with van der Waals surface area (Å²) in [6.07, 6.45) is 1.40. The van der Waals surface area contributed by atoms with Crippen LogP contribution in [0.3, 0.4) is 0 Å². The fourth-order valence-electron chi connectivity index (χ4n) is 9.26. The third-order valence-electron chi connectivity index (χ3n) is 12.9. The fraction of sp³-hybridized carbons (Fsp3) is 0.273. The van der Waals surface area contributed by atoms with Gasteiger partial charge in [-0.2, -0.15) is 0 Å². The normalized spacial score (nSPS) is 16.5. The topological polar surface area (TPSA) is 50.9 Å². The smallest absolute Gasteiger partial charge is 0.149 e. The number of rotatable bonds is 7. The number of pyridine rings is 1. The highest BCUT2D eigenvalue weighted by molar-refractivity contribution is 5.97. The van der Waals surface area contributed by atoms with Gasteiger partial charge in [-0.25, -0.2) is 4.98 Å². The van der Waals surface area contributed by atoms with Crippen molar-refractivity contribution in [1.29, 1.82) is 0 Å². The molecule has 0 saturated carbocycles. The standard InChI is InChI=1S/C66H69N3O/c1-41-34-53(61(70)55(35-41)66(12,13)14)62-68-60-52(47-37-48(39-50(38-47)64(6,7)8)56-40-45(32-33-67-56)43-26-29-49(30-27-43)63(3,4)5)23-19-25-58(60)69(62)57-31-28-46(36-42(57)2)59-51(44-20-16-15-17-21-44)22-18-24-54(59)65(9,10)11/h15-40,70H,1-14H3/i2D3,3D3,4D3,5D3,26D,27D,29D,30D. The van der Waals surface area contributed by atoms with Gasteiger partial charge in [0.15, 0.2) is 0 Å². The van der Waals surface area contributed by atoms with Crippen LogP contribution in [0.2, 0.25) is 0 Å². The summed E-state index contributed by atoms with van der Waals surface area (Å²) in [5.41, 5.74) is 4.17. The first-order chi connectivity index (χ1) is 39.6. The highest BCUT2D eigenvalue weighted by Gasteiger charge is 2.28. The van der Waals surface area contributed by atoms with Crippen molar-refractivity contribution in [2.75, 3.05) is 0 Å². The molecular formula is C66H69N3O. The number of para-hydroxylation sites is 1. The van der Waals surface area contributed by atoms with Crippen LogP contribution >= 0.6 is 0 Å². The average Bonchev–Trinajstić information content (AvgIpc) is 0.783. The Kier molecular flexibility index (Phi) is 8.10. The first-order valence-corrected chi connectivity index (χ1v) is 23.5. The zero-order valence-electron chi connectivity index (χ0n) is 57.5. The number of nitrogens with zero attached hydrogens (tertiary/aromatic N) is 3. The Hall–Kier alpha value is -7.04. The van der Waals surface area contributed by atoms with Crippen LogP contribution in [0.5, 0.6) is 5.75 Å². The van der Waals surface area contributed by atoms with Gasteiger partial charge in [-0.05, 0) is 151 Å². The molecule has 2 heterocycles. The van der Waals surface area contributed by atoms with Crippen LogP contribution in [-0.2, 0) is 21.7 Å². The third-order valence-corrected chi connectivity index (χ3v) is 12.9. The molecule has 0 aliphatic carbocycles. The van der Waals surface area contributed by atoms with E-state index in [2.05, 4.69) is 32.9 Å². The summed E-state index contributed by atoms with van der Waals surface area (Å²) in [5.74, 6) is 0.282. The van der Waals surface area contributed by atoms with Crippen molar-refractivity contribution >= 4 is 11.0 Å². The summed E-state index contributed by atoms with van der Waals surface area (Å²) in [4.78, 5) is 10.2. The average molecular weight is 936 g/mol. The molecule has 0 atom stereocenters. The quantitative estimate of drug-likeness (QED) is 0.173. The zero-order valence-corrected chi connectivity index (χ0v) is 41.5. The molecule has 70 heavy (non-hydrogen) atoms. The minimum Gasteiger partial charge on any atom is -0.507 e.